The Hall–Kier alpha value is -1.36. The van der Waals surface area contributed by atoms with E-state index < -0.39 is 0 Å². The molecule has 0 atom stereocenters. The van der Waals surface area contributed by atoms with Gasteiger partial charge in [0.15, 0.2) is 0 Å². The summed E-state index contributed by atoms with van der Waals surface area (Å²) >= 11 is 1.74. The van der Waals surface area contributed by atoms with E-state index in [4.69, 9.17) is 0 Å². The van der Waals surface area contributed by atoms with Gasteiger partial charge in [-0.15, -0.1) is 11.3 Å². The van der Waals surface area contributed by atoms with Crippen molar-refractivity contribution in [3.63, 3.8) is 0 Å². The summed E-state index contributed by atoms with van der Waals surface area (Å²) in [7, 11) is 0. The molecule has 2 N–H and O–H groups in total. The average molecular weight is 290 g/mol. The summed E-state index contributed by atoms with van der Waals surface area (Å²) < 4.78 is 0. The van der Waals surface area contributed by atoms with Gasteiger partial charge in [0.05, 0.1) is 5.39 Å². The van der Waals surface area contributed by atoms with E-state index in [9.17, 15) is 0 Å². The molecule has 20 heavy (non-hydrogen) atoms. The van der Waals surface area contributed by atoms with Gasteiger partial charge in [-0.2, -0.15) is 4.98 Å². The van der Waals surface area contributed by atoms with Crippen LogP contribution in [-0.4, -0.2) is 22.6 Å². The molecular weight excluding hydrogens is 268 g/mol. The third-order valence-electron chi connectivity index (χ3n) is 3.80. The highest BCUT2D eigenvalue weighted by Crippen LogP contribution is 2.31. The number of thiophene rings is 1. The van der Waals surface area contributed by atoms with E-state index >= 15 is 0 Å². The van der Waals surface area contributed by atoms with E-state index in [0.717, 1.165) is 23.1 Å². The molecule has 0 unspecified atom stereocenters. The third-order valence-corrected chi connectivity index (χ3v) is 4.74. The van der Waals surface area contributed by atoms with E-state index in [-0.39, 0.29) is 0 Å². The smallest absolute Gasteiger partial charge is 0.226 e. The lowest BCUT2D eigenvalue weighted by Gasteiger charge is -2.23. The summed E-state index contributed by atoms with van der Waals surface area (Å²) in [6.45, 7) is 5.05. The molecule has 0 aliphatic heterocycles. The Balaban J connectivity index is 1.93. The van der Waals surface area contributed by atoms with Crippen molar-refractivity contribution in [2.45, 2.75) is 52.0 Å². The molecule has 1 aliphatic rings. The number of nitrogens with one attached hydrogen (secondary N) is 2. The Kier molecular flexibility index (Phi) is 4.05. The number of aromatic nitrogens is 2. The minimum Gasteiger partial charge on any atom is -0.367 e. The highest BCUT2D eigenvalue weighted by Gasteiger charge is 2.17. The van der Waals surface area contributed by atoms with E-state index in [1.807, 2.05) is 0 Å². The molecule has 0 radical (unpaired) electrons. The summed E-state index contributed by atoms with van der Waals surface area (Å²) in [5, 5.41) is 8.05. The summed E-state index contributed by atoms with van der Waals surface area (Å²) in [4.78, 5) is 11.6. The van der Waals surface area contributed by atoms with Crippen LogP contribution in [0.3, 0.4) is 0 Å². The van der Waals surface area contributed by atoms with Gasteiger partial charge in [-0.3, -0.25) is 0 Å². The maximum absolute atomic E-state index is 4.67. The summed E-state index contributed by atoms with van der Waals surface area (Å²) in [6, 6.07) is 2.76. The topological polar surface area (TPSA) is 49.8 Å². The Morgan fingerprint density at radius 2 is 2.05 bits per heavy atom. The number of aryl methyl sites for hydroxylation is 1. The quantitative estimate of drug-likeness (QED) is 0.887. The summed E-state index contributed by atoms with van der Waals surface area (Å²) in [5.74, 6) is 1.74. The minimum atomic E-state index is 0.566. The second-order valence-electron chi connectivity index (χ2n) is 5.48. The summed E-state index contributed by atoms with van der Waals surface area (Å²) in [6.07, 6.45) is 6.54. The van der Waals surface area contributed by atoms with Gasteiger partial charge in [0.1, 0.15) is 10.6 Å². The van der Waals surface area contributed by atoms with Gasteiger partial charge in [0, 0.05) is 17.5 Å². The highest BCUT2D eigenvalue weighted by molar-refractivity contribution is 7.18. The van der Waals surface area contributed by atoms with Crippen LogP contribution in [-0.2, 0) is 0 Å². The molecule has 0 saturated heterocycles. The van der Waals surface area contributed by atoms with Gasteiger partial charge in [-0.25, -0.2) is 4.98 Å². The van der Waals surface area contributed by atoms with Crippen molar-refractivity contribution in [2.75, 3.05) is 17.2 Å². The Morgan fingerprint density at radius 3 is 2.80 bits per heavy atom. The van der Waals surface area contributed by atoms with E-state index in [1.54, 1.807) is 11.3 Å². The van der Waals surface area contributed by atoms with Crippen molar-refractivity contribution in [2.24, 2.45) is 0 Å². The van der Waals surface area contributed by atoms with Crippen LogP contribution in [0.2, 0.25) is 0 Å². The van der Waals surface area contributed by atoms with Gasteiger partial charge in [0.25, 0.3) is 0 Å². The molecule has 2 aromatic heterocycles. The van der Waals surface area contributed by atoms with Gasteiger partial charge >= 0.3 is 0 Å². The second-order valence-corrected chi connectivity index (χ2v) is 6.72. The molecule has 108 valence electrons. The average Bonchev–Trinajstić information content (AvgIpc) is 2.81. The molecule has 5 heteroatoms. The molecule has 0 amide bonds. The fourth-order valence-corrected chi connectivity index (χ4v) is 3.71. The molecule has 1 fully saturated rings. The van der Waals surface area contributed by atoms with E-state index in [1.165, 1.54) is 42.4 Å². The van der Waals surface area contributed by atoms with Gasteiger partial charge in [0.2, 0.25) is 5.95 Å². The predicted molar refractivity (Wildman–Crippen MR) is 86.8 cm³/mol. The zero-order valence-corrected chi connectivity index (χ0v) is 13.0. The van der Waals surface area contributed by atoms with Crippen LogP contribution in [0.5, 0.6) is 0 Å². The fraction of sp³-hybridized carbons (Fsp3) is 0.600. The first kappa shape index (κ1) is 13.6. The van der Waals surface area contributed by atoms with Crippen LogP contribution in [0.25, 0.3) is 10.2 Å². The SMILES string of the molecule is CCNc1nc(NC2CCCCC2)c2cc(C)sc2n1. The first-order valence-corrected chi connectivity index (χ1v) is 8.36. The number of nitrogens with zero attached hydrogens (tertiary/aromatic N) is 2. The molecular formula is C15H22N4S. The van der Waals surface area contributed by atoms with Gasteiger partial charge in [-0.05, 0) is 32.8 Å². The van der Waals surface area contributed by atoms with Crippen molar-refractivity contribution >= 4 is 33.3 Å². The highest BCUT2D eigenvalue weighted by atomic mass is 32.1. The summed E-state index contributed by atoms with van der Waals surface area (Å²) in [5.41, 5.74) is 0. The number of hydrogen-bond donors (Lipinski definition) is 2. The standard InChI is InChI=1S/C15H22N4S/c1-3-16-15-18-13(17-11-7-5-4-6-8-11)12-9-10(2)20-14(12)19-15/h9,11H,3-8H2,1-2H3,(H2,16,17,18,19). The maximum atomic E-state index is 4.67. The Bertz CT molecular complexity index is 587. The fourth-order valence-electron chi connectivity index (χ4n) is 2.83. The Morgan fingerprint density at radius 1 is 1.25 bits per heavy atom. The maximum Gasteiger partial charge on any atom is 0.226 e. The number of anilines is 2. The first-order chi connectivity index (χ1) is 9.76. The molecule has 0 aromatic carbocycles. The van der Waals surface area contributed by atoms with Gasteiger partial charge < -0.3 is 10.6 Å². The van der Waals surface area contributed by atoms with Crippen molar-refractivity contribution in [3.05, 3.63) is 10.9 Å². The van der Waals surface area contributed by atoms with Crippen molar-refractivity contribution in [1.29, 1.82) is 0 Å². The lowest BCUT2D eigenvalue weighted by Crippen LogP contribution is -2.23. The number of rotatable bonds is 4. The molecule has 3 rings (SSSR count). The van der Waals surface area contributed by atoms with Crippen molar-refractivity contribution in [1.82, 2.24) is 9.97 Å². The van der Waals surface area contributed by atoms with Gasteiger partial charge in [-0.1, -0.05) is 19.3 Å². The molecule has 2 aromatic rings. The van der Waals surface area contributed by atoms with E-state index in [2.05, 4.69) is 40.5 Å². The van der Waals surface area contributed by atoms with Crippen LogP contribution in [0, 0.1) is 6.92 Å². The molecule has 0 bridgehead atoms. The van der Waals surface area contributed by atoms with Crippen LogP contribution >= 0.6 is 11.3 Å². The molecule has 1 saturated carbocycles. The third kappa shape index (κ3) is 2.87. The van der Waals surface area contributed by atoms with Crippen molar-refractivity contribution in [3.8, 4) is 0 Å². The normalized spacial score (nSPS) is 16.5. The lowest BCUT2D eigenvalue weighted by atomic mass is 9.95. The molecule has 1 aliphatic carbocycles. The lowest BCUT2D eigenvalue weighted by molar-refractivity contribution is 0.462. The molecule has 2 heterocycles. The molecule has 0 spiro atoms. The zero-order chi connectivity index (χ0) is 13.9. The molecule has 4 nitrogen and oxygen atoms in total. The second kappa shape index (κ2) is 5.95. The van der Waals surface area contributed by atoms with Crippen LogP contribution in [0.15, 0.2) is 6.07 Å². The van der Waals surface area contributed by atoms with Crippen LogP contribution in [0.4, 0.5) is 11.8 Å². The largest absolute Gasteiger partial charge is 0.367 e. The number of hydrogen-bond acceptors (Lipinski definition) is 5. The zero-order valence-electron chi connectivity index (χ0n) is 12.2. The van der Waals surface area contributed by atoms with Crippen molar-refractivity contribution < 1.29 is 0 Å². The minimum absolute atomic E-state index is 0.566. The predicted octanol–water partition coefficient (Wildman–Crippen LogP) is 4.18. The monoisotopic (exact) mass is 290 g/mol. The van der Waals surface area contributed by atoms with E-state index in [0.29, 0.717) is 6.04 Å². The van der Waals surface area contributed by atoms with Crippen LogP contribution < -0.4 is 10.6 Å². The number of fused-ring (bicyclic) bond motifs is 1. The first-order valence-electron chi connectivity index (χ1n) is 7.55. The Labute approximate surface area is 124 Å². The van der Waals surface area contributed by atoms with Crippen LogP contribution in [0.1, 0.15) is 43.9 Å².